The molecule has 1 fully saturated rings. The minimum absolute atomic E-state index is 0.251. The van der Waals surface area contributed by atoms with Crippen LogP contribution in [0.3, 0.4) is 0 Å². The predicted molar refractivity (Wildman–Crippen MR) is 64.7 cm³/mol. The molecule has 0 spiro atoms. The normalized spacial score (nSPS) is 19.4. The average Bonchev–Trinajstić information content (AvgIpc) is 2.29. The quantitative estimate of drug-likeness (QED) is 0.502. The van der Waals surface area contributed by atoms with Crippen molar-refractivity contribution in [2.45, 2.75) is 39.0 Å². The first kappa shape index (κ1) is 12.0. The molecule has 1 rings (SSSR count). The minimum atomic E-state index is 0.251. The van der Waals surface area contributed by atoms with Crippen LogP contribution in [0.1, 0.15) is 39.0 Å². The third kappa shape index (κ3) is 3.50. The van der Waals surface area contributed by atoms with E-state index in [1.807, 2.05) is 25.2 Å². The molecule has 0 unspecified atom stereocenters. The summed E-state index contributed by atoms with van der Waals surface area (Å²) in [5.41, 5.74) is 0.805. The standard InChI is InChI=1S/C14H20O/c1-3-8-12(9-4-2)14(15)13-10-6-5-7-11-13/h3-4,8-9,13H,1,5-7,10-11H2,2H3/b9-4-,12-8+. The van der Waals surface area contributed by atoms with E-state index >= 15 is 0 Å². The van der Waals surface area contributed by atoms with Crippen LogP contribution in [0.5, 0.6) is 0 Å². The summed E-state index contributed by atoms with van der Waals surface area (Å²) in [6, 6.07) is 0. The second-order valence-electron chi connectivity index (χ2n) is 4.06. The van der Waals surface area contributed by atoms with Crippen molar-refractivity contribution in [2.75, 3.05) is 0 Å². The lowest BCUT2D eigenvalue weighted by molar-refractivity contribution is -0.119. The first-order valence-electron chi connectivity index (χ1n) is 5.79. The molecule has 1 nitrogen and oxygen atoms in total. The molecule has 0 amide bonds. The van der Waals surface area contributed by atoms with Crippen molar-refractivity contribution in [3.05, 3.63) is 36.5 Å². The van der Waals surface area contributed by atoms with Crippen molar-refractivity contribution >= 4 is 5.78 Å². The molecular formula is C14H20O. The average molecular weight is 204 g/mol. The molecule has 1 aliphatic carbocycles. The number of Topliss-reactive ketones (excluding diaryl/α,β-unsaturated/α-hetero) is 1. The van der Waals surface area contributed by atoms with Gasteiger partial charge in [-0.3, -0.25) is 4.79 Å². The molecule has 0 bridgehead atoms. The van der Waals surface area contributed by atoms with E-state index in [0.29, 0.717) is 5.78 Å². The van der Waals surface area contributed by atoms with Crippen LogP contribution < -0.4 is 0 Å². The zero-order chi connectivity index (χ0) is 11.1. The molecular weight excluding hydrogens is 184 g/mol. The van der Waals surface area contributed by atoms with Gasteiger partial charge in [0.05, 0.1) is 0 Å². The monoisotopic (exact) mass is 204 g/mol. The Hall–Kier alpha value is -1.11. The number of hydrogen-bond acceptors (Lipinski definition) is 1. The summed E-state index contributed by atoms with van der Waals surface area (Å²) in [4.78, 5) is 12.1. The number of rotatable bonds is 4. The van der Waals surface area contributed by atoms with Crippen LogP contribution in [0.25, 0.3) is 0 Å². The van der Waals surface area contributed by atoms with Gasteiger partial charge in [0.15, 0.2) is 5.78 Å². The molecule has 0 aromatic heterocycles. The van der Waals surface area contributed by atoms with Gasteiger partial charge in [0.1, 0.15) is 0 Å². The van der Waals surface area contributed by atoms with E-state index in [-0.39, 0.29) is 5.92 Å². The maximum absolute atomic E-state index is 12.1. The summed E-state index contributed by atoms with van der Waals surface area (Å²) in [5.74, 6) is 0.550. The van der Waals surface area contributed by atoms with Gasteiger partial charge in [-0.25, -0.2) is 0 Å². The molecule has 1 saturated carbocycles. The van der Waals surface area contributed by atoms with E-state index in [2.05, 4.69) is 6.58 Å². The van der Waals surface area contributed by atoms with E-state index in [1.54, 1.807) is 6.08 Å². The fraction of sp³-hybridized carbons (Fsp3) is 0.500. The summed E-state index contributed by atoms with van der Waals surface area (Å²) >= 11 is 0. The first-order valence-corrected chi connectivity index (χ1v) is 5.79. The fourth-order valence-corrected chi connectivity index (χ4v) is 2.13. The smallest absolute Gasteiger partial charge is 0.165 e. The highest BCUT2D eigenvalue weighted by Crippen LogP contribution is 2.26. The molecule has 0 N–H and O–H groups in total. The highest BCUT2D eigenvalue weighted by atomic mass is 16.1. The molecule has 0 aromatic carbocycles. The van der Waals surface area contributed by atoms with E-state index in [1.165, 1.54) is 19.3 Å². The third-order valence-corrected chi connectivity index (χ3v) is 2.90. The van der Waals surface area contributed by atoms with Crippen LogP contribution in [0.15, 0.2) is 36.5 Å². The Bertz CT molecular complexity index is 278. The SMILES string of the molecule is C=C/C=C(\C=C/C)C(=O)C1CCCCC1. The first-order chi connectivity index (χ1) is 7.29. The number of ketones is 1. The van der Waals surface area contributed by atoms with Gasteiger partial charge < -0.3 is 0 Å². The molecule has 0 aromatic rings. The van der Waals surface area contributed by atoms with Crippen LogP contribution >= 0.6 is 0 Å². The lowest BCUT2D eigenvalue weighted by atomic mass is 9.83. The van der Waals surface area contributed by atoms with Gasteiger partial charge in [0.25, 0.3) is 0 Å². The topological polar surface area (TPSA) is 17.1 Å². The molecule has 0 atom stereocenters. The lowest BCUT2D eigenvalue weighted by Gasteiger charge is -2.20. The molecule has 1 heteroatoms. The van der Waals surface area contributed by atoms with Crippen LogP contribution in [0.2, 0.25) is 0 Å². The summed E-state index contributed by atoms with van der Waals surface area (Å²) in [5, 5.41) is 0. The molecule has 0 heterocycles. The minimum Gasteiger partial charge on any atom is -0.294 e. The number of carbonyl (C=O) groups excluding carboxylic acids is 1. The Morgan fingerprint density at radius 3 is 2.47 bits per heavy atom. The number of carbonyl (C=O) groups is 1. The maximum atomic E-state index is 12.1. The van der Waals surface area contributed by atoms with Crippen molar-refractivity contribution in [1.82, 2.24) is 0 Å². The zero-order valence-electron chi connectivity index (χ0n) is 9.54. The second-order valence-corrected chi connectivity index (χ2v) is 4.06. The predicted octanol–water partition coefficient (Wildman–Crippen LogP) is 3.82. The highest BCUT2D eigenvalue weighted by Gasteiger charge is 2.22. The van der Waals surface area contributed by atoms with Crippen molar-refractivity contribution in [3.63, 3.8) is 0 Å². The Morgan fingerprint density at radius 2 is 1.93 bits per heavy atom. The zero-order valence-corrected chi connectivity index (χ0v) is 9.54. The third-order valence-electron chi connectivity index (χ3n) is 2.90. The van der Waals surface area contributed by atoms with Crippen molar-refractivity contribution in [1.29, 1.82) is 0 Å². The van der Waals surface area contributed by atoms with Crippen molar-refractivity contribution < 1.29 is 4.79 Å². The van der Waals surface area contributed by atoms with Crippen LogP contribution in [-0.2, 0) is 4.79 Å². The Morgan fingerprint density at radius 1 is 1.27 bits per heavy atom. The summed E-state index contributed by atoms with van der Waals surface area (Å²) < 4.78 is 0. The second kappa shape index (κ2) is 6.39. The van der Waals surface area contributed by atoms with Crippen molar-refractivity contribution in [3.8, 4) is 0 Å². The molecule has 1 aliphatic rings. The van der Waals surface area contributed by atoms with Gasteiger partial charge in [0.2, 0.25) is 0 Å². The Labute approximate surface area is 92.6 Å². The highest BCUT2D eigenvalue weighted by molar-refractivity contribution is 5.99. The molecule has 15 heavy (non-hydrogen) atoms. The largest absolute Gasteiger partial charge is 0.294 e. The lowest BCUT2D eigenvalue weighted by Crippen LogP contribution is -2.18. The van der Waals surface area contributed by atoms with Gasteiger partial charge in [-0.15, -0.1) is 0 Å². The molecule has 82 valence electrons. The Kier molecular flexibility index (Phi) is 5.09. The maximum Gasteiger partial charge on any atom is 0.165 e. The molecule has 0 radical (unpaired) electrons. The Balaban J connectivity index is 2.70. The van der Waals surface area contributed by atoms with E-state index < -0.39 is 0 Å². The summed E-state index contributed by atoms with van der Waals surface area (Å²) in [6.45, 7) is 5.58. The van der Waals surface area contributed by atoms with Gasteiger partial charge in [-0.05, 0) is 19.8 Å². The summed E-state index contributed by atoms with van der Waals surface area (Å²) in [6.07, 6.45) is 13.1. The molecule has 0 saturated heterocycles. The number of hydrogen-bond donors (Lipinski definition) is 0. The van der Waals surface area contributed by atoms with Crippen LogP contribution in [0.4, 0.5) is 0 Å². The van der Waals surface area contributed by atoms with E-state index in [9.17, 15) is 4.79 Å². The number of allylic oxidation sites excluding steroid dienone is 5. The van der Waals surface area contributed by atoms with Gasteiger partial charge in [0, 0.05) is 11.5 Å². The van der Waals surface area contributed by atoms with Gasteiger partial charge >= 0.3 is 0 Å². The van der Waals surface area contributed by atoms with Crippen molar-refractivity contribution in [2.24, 2.45) is 5.92 Å². The van der Waals surface area contributed by atoms with Gasteiger partial charge in [-0.2, -0.15) is 0 Å². The molecule has 0 aliphatic heterocycles. The summed E-state index contributed by atoms with van der Waals surface area (Å²) in [7, 11) is 0. The van der Waals surface area contributed by atoms with Gasteiger partial charge in [-0.1, -0.05) is 50.1 Å². The fourth-order valence-electron chi connectivity index (χ4n) is 2.13. The van der Waals surface area contributed by atoms with E-state index in [0.717, 1.165) is 18.4 Å². The van der Waals surface area contributed by atoms with Crippen LogP contribution in [-0.4, -0.2) is 5.78 Å². The van der Waals surface area contributed by atoms with E-state index in [4.69, 9.17) is 0 Å². The van der Waals surface area contributed by atoms with Crippen LogP contribution in [0, 0.1) is 5.92 Å².